The van der Waals surface area contributed by atoms with Crippen LogP contribution in [0.25, 0.3) is 0 Å². The molecule has 1 aromatic rings. The third-order valence-corrected chi connectivity index (χ3v) is 4.09. The molecule has 1 N–H and O–H groups in total. The number of likely N-dealkylation sites (tertiary alicyclic amines) is 1. The second-order valence-electron chi connectivity index (χ2n) is 6.82. The molecular formula is C17H22N2O4. The second-order valence-corrected chi connectivity index (χ2v) is 6.82. The third-order valence-electron chi connectivity index (χ3n) is 4.09. The summed E-state index contributed by atoms with van der Waals surface area (Å²) in [6, 6.07) is 6.84. The first-order chi connectivity index (χ1) is 10.8. The molecule has 23 heavy (non-hydrogen) atoms. The first-order valence-corrected chi connectivity index (χ1v) is 7.65. The van der Waals surface area contributed by atoms with Crippen molar-refractivity contribution in [3.8, 4) is 5.75 Å². The number of hydrogen-bond acceptors (Lipinski definition) is 4. The Hall–Kier alpha value is -2.33. The van der Waals surface area contributed by atoms with Crippen LogP contribution in [0.1, 0.15) is 33.6 Å². The molecule has 2 atom stereocenters. The fraction of sp³-hybridized carbons (Fsp3) is 0.529. The standard InChI is InChI=1S/C17H22N2O4/c1-17(2,3)15-10-14(7-8-19(15)16(21)22)23-13-6-4-5-12(9-13)18-11-20/h4-6,9,14-15H,7-8,10H2,1-3H3,(H,21,22). The van der Waals surface area contributed by atoms with Gasteiger partial charge in [0.2, 0.25) is 6.08 Å². The number of hydrogen-bond donors (Lipinski definition) is 1. The van der Waals surface area contributed by atoms with Crippen LogP contribution >= 0.6 is 0 Å². The first-order valence-electron chi connectivity index (χ1n) is 7.65. The van der Waals surface area contributed by atoms with Crippen molar-refractivity contribution in [3.05, 3.63) is 24.3 Å². The number of carboxylic acid groups (broad SMARTS) is 1. The number of benzene rings is 1. The Labute approximate surface area is 135 Å². The summed E-state index contributed by atoms with van der Waals surface area (Å²) in [6.45, 7) is 6.56. The lowest BCUT2D eigenvalue weighted by atomic mass is 9.80. The SMILES string of the molecule is CC(C)(C)C1CC(Oc2cccc(N=C=O)c2)CCN1C(=O)O. The van der Waals surface area contributed by atoms with Gasteiger partial charge < -0.3 is 14.7 Å². The van der Waals surface area contributed by atoms with E-state index in [0.717, 1.165) is 0 Å². The van der Waals surface area contributed by atoms with Crippen LogP contribution in [0.4, 0.5) is 10.5 Å². The minimum absolute atomic E-state index is 0.0646. The van der Waals surface area contributed by atoms with E-state index in [4.69, 9.17) is 4.74 Å². The van der Waals surface area contributed by atoms with E-state index in [1.165, 1.54) is 11.0 Å². The first kappa shape index (κ1) is 17.0. The van der Waals surface area contributed by atoms with Gasteiger partial charge in [-0.15, -0.1) is 0 Å². The molecule has 1 aromatic carbocycles. The number of aliphatic imine (C=N–C) groups is 1. The quantitative estimate of drug-likeness (QED) is 0.682. The van der Waals surface area contributed by atoms with Crippen molar-refractivity contribution in [2.45, 2.75) is 45.8 Å². The number of carbonyl (C=O) groups is 1. The number of ether oxygens (including phenoxy) is 1. The van der Waals surface area contributed by atoms with Crippen molar-refractivity contribution in [3.63, 3.8) is 0 Å². The van der Waals surface area contributed by atoms with Crippen molar-refractivity contribution < 1.29 is 19.4 Å². The highest BCUT2D eigenvalue weighted by Crippen LogP contribution is 2.34. The summed E-state index contributed by atoms with van der Waals surface area (Å²) in [7, 11) is 0. The maximum Gasteiger partial charge on any atom is 0.407 e. The summed E-state index contributed by atoms with van der Waals surface area (Å²) < 4.78 is 5.99. The number of piperidine rings is 1. The Morgan fingerprint density at radius 3 is 2.78 bits per heavy atom. The molecule has 0 spiro atoms. The maximum absolute atomic E-state index is 11.4. The predicted molar refractivity (Wildman–Crippen MR) is 85.8 cm³/mol. The fourth-order valence-electron chi connectivity index (χ4n) is 2.96. The van der Waals surface area contributed by atoms with Gasteiger partial charge in [0, 0.05) is 31.5 Å². The van der Waals surface area contributed by atoms with Crippen LogP contribution in [0, 0.1) is 5.41 Å². The van der Waals surface area contributed by atoms with Crippen LogP contribution in [0.2, 0.25) is 0 Å². The summed E-state index contributed by atoms with van der Waals surface area (Å²) in [5.74, 6) is 0.628. The molecule has 1 fully saturated rings. The van der Waals surface area contributed by atoms with E-state index in [1.54, 1.807) is 24.3 Å². The van der Waals surface area contributed by atoms with Crippen molar-refractivity contribution in [1.29, 1.82) is 0 Å². The summed E-state index contributed by atoms with van der Waals surface area (Å²) in [5.41, 5.74) is 0.331. The lowest BCUT2D eigenvalue weighted by Gasteiger charge is -2.44. The highest BCUT2D eigenvalue weighted by atomic mass is 16.5. The number of nitrogens with zero attached hydrogens (tertiary/aromatic N) is 2. The average molecular weight is 318 g/mol. The Morgan fingerprint density at radius 1 is 1.43 bits per heavy atom. The second kappa shape index (κ2) is 6.84. The molecule has 6 heteroatoms. The Bertz CT molecular complexity index is 617. The van der Waals surface area contributed by atoms with Crippen LogP contribution in [-0.4, -0.2) is 40.9 Å². The average Bonchev–Trinajstić information content (AvgIpc) is 2.47. The zero-order chi connectivity index (χ0) is 17.0. The van der Waals surface area contributed by atoms with Crippen molar-refractivity contribution in [2.75, 3.05) is 6.54 Å². The molecule has 1 saturated heterocycles. The van der Waals surface area contributed by atoms with Gasteiger partial charge in [0.1, 0.15) is 11.9 Å². The lowest BCUT2D eigenvalue weighted by Crippen LogP contribution is -2.53. The van der Waals surface area contributed by atoms with E-state index >= 15 is 0 Å². The normalized spacial score (nSPS) is 21.4. The van der Waals surface area contributed by atoms with Crippen LogP contribution < -0.4 is 4.74 Å². The highest BCUT2D eigenvalue weighted by Gasteiger charge is 2.39. The van der Waals surface area contributed by atoms with Gasteiger partial charge >= 0.3 is 6.09 Å². The van der Waals surface area contributed by atoms with E-state index in [2.05, 4.69) is 4.99 Å². The fourth-order valence-corrected chi connectivity index (χ4v) is 2.96. The highest BCUT2D eigenvalue weighted by molar-refractivity contribution is 5.65. The van der Waals surface area contributed by atoms with Gasteiger partial charge in [-0.25, -0.2) is 9.59 Å². The number of rotatable bonds is 3. The zero-order valence-electron chi connectivity index (χ0n) is 13.7. The minimum atomic E-state index is -0.884. The Balaban J connectivity index is 2.11. The van der Waals surface area contributed by atoms with E-state index in [9.17, 15) is 14.7 Å². The van der Waals surface area contributed by atoms with Crippen LogP contribution in [0.5, 0.6) is 5.75 Å². The van der Waals surface area contributed by atoms with Gasteiger partial charge in [-0.1, -0.05) is 26.8 Å². The van der Waals surface area contributed by atoms with Gasteiger partial charge in [0.25, 0.3) is 0 Å². The number of carbonyl (C=O) groups excluding carboxylic acids is 1. The van der Waals surface area contributed by atoms with Gasteiger partial charge in [-0.05, 0) is 17.5 Å². The monoisotopic (exact) mass is 318 g/mol. The molecule has 0 saturated carbocycles. The largest absolute Gasteiger partial charge is 0.490 e. The molecule has 1 aliphatic rings. The van der Waals surface area contributed by atoms with Gasteiger partial charge in [-0.3, -0.25) is 0 Å². The van der Waals surface area contributed by atoms with E-state index in [1.807, 2.05) is 20.8 Å². The molecule has 0 bridgehead atoms. The molecule has 6 nitrogen and oxygen atoms in total. The minimum Gasteiger partial charge on any atom is -0.490 e. The van der Waals surface area contributed by atoms with Crippen molar-refractivity contribution >= 4 is 17.9 Å². The summed E-state index contributed by atoms with van der Waals surface area (Å²) >= 11 is 0. The van der Waals surface area contributed by atoms with Crippen molar-refractivity contribution in [1.82, 2.24) is 4.90 Å². The molecule has 1 heterocycles. The molecular weight excluding hydrogens is 296 g/mol. The van der Waals surface area contributed by atoms with Crippen LogP contribution in [-0.2, 0) is 4.79 Å². The molecule has 124 valence electrons. The van der Waals surface area contributed by atoms with E-state index in [0.29, 0.717) is 30.8 Å². The number of amides is 1. The zero-order valence-corrected chi connectivity index (χ0v) is 13.7. The van der Waals surface area contributed by atoms with Gasteiger partial charge in [-0.2, -0.15) is 4.99 Å². The Morgan fingerprint density at radius 2 is 2.17 bits per heavy atom. The third kappa shape index (κ3) is 4.33. The van der Waals surface area contributed by atoms with Gasteiger partial charge in [0.15, 0.2) is 0 Å². The van der Waals surface area contributed by atoms with E-state index in [-0.39, 0.29) is 17.6 Å². The lowest BCUT2D eigenvalue weighted by molar-refractivity contribution is 0.0130. The molecule has 1 amide bonds. The van der Waals surface area contributed by atoms with Crippen LogP contribution in [0.15, 0.2) is 29.3 Å². The molecule has 0 radical (unpaired) electrons. The number of isocyanates is 1. The summed E-state index contributed by atoms with van der Waals surface area (Å²) in [6.07, 6.45) is 1.83. The molecule has 0 aliphatic carbocycles. The van der Waals surface area contributed by atoms with Gasteiger partial charge in [0.05, 0.1) is 5.69 Å². The molecule has 2 unspecified atom stereocenters. The maximum atomic E-state index is 11.4. The predicted octanol–water partition coefficient (Wildman–Crippen LogP) is 3.59. The smallest absolute Gasteiger partial charge is 0.407 e. The summed E-state index contributed by atoms with van der Waals surface area (Å²) in [4.78, 5) is 26.8. The Kier molecular flexibility index (Phi) is 5.06. The molecule has 2 rings (SSSR count). The summed E-state index contributed by atoms with van der Waals surface area (Å²) in [5, 5.41) is 9.38. The topological polar surface area (TPSA) is 79.2 Å². The molecule has 1 aliphatic heterocycles. The molecule has 0 aromatic heterocycles. The van der Waals surface area contributed by atoms with E-state index < -0.39 is 6.09 Å². The van der Waals surface area contributed by atoms with Crippen LogP contribution in [0.3, 0.4) is 0 Å². The van der Waals surface area contributed by atoms with Crippen molar-refractivity contribution in [2.24, 2.45) is 10.4 Å².